The Hall–Kier alpha value is -0.640. The third-order valence-electron chi connectivity index (χ3n) is 1.35. The van der Waals surface area contributed by atoms with Crippen LogP contribution in [0, 0.1) is 5.92 Å². The molecule has 0 spiro atoms. The molecule has 0 aromatic carbocycles. The third kappa shape index (κ3) is 3.93. The van der Waals surface area contributed by atoms with E-state index in [0.717, 1.165) is 0 Å². The first-order valence-electron chi connectivity index (χ1n) is 3.59. The number of esters is 1. The van der Waals surface area contributed by atoms with E-state index >= 15 is 0 Å². The average Bonchev–Trinajstić information content (AvgIpc) is 2.03. The van der Waals surface area contributed by atoms with E-state index in [4.69, 9.17) is 5.11 Å². The van der Waals surface area contributed by atoms with Crippen molar-refractivity contribution in [3.8, 4) is 0 Å². The second kappa shape index (κ2) is 6.09. The lowest BCUT2D eigenvalue weighted by Gasteiger charge is -2.08. The predicted molar refractivity (Wildman–Crippen MR) is 37.8 cm³/mol. The van der Waals surface area contributed by atoms with Crippen LogP contribution < -0.4 is 0 Å². The molecule has 0 saturated heterocycles. The van der Waals surface area contributed by atoms with Gasteiger partial charge in [0, 0.05) is 0 Å². The lowest BCUT2D eigenvalue weighted by molar-refractivity contribution is -0.150. The second-order valence-electron chi connectivity index (χ2n) is 2.15. The largest absolute Gasteiger partial charge is 0.463 e. The highest BCUT2D eigenvalue weighted by Crippen LogP contribution is 2.05. The van der Waals surface area contributed by atoms with Crippen molar-refractivity contribution in [3.05, 3.63) is 0 Å². The Morgan fingerprint density at radius 2 is 2.36 bits per heavy atom. The van der Waals surface area contributed by atoms with Gasteiger partial charge in [-0.15, -0.1) is 0 Å². The molecule has 0 saturated carbocycles. The molecule has 0 radical (unpaired) electrons. The molecule has 0 aromatic rings. The van der Waals surface area contributed by atoms with E-state index in [9.17, 15) is 9.18 Å². The number of carbonyl (C=O) groups is 1. The maximum Gasteiger partial charge on any atom is 0.311 e. The Balaban J connectivity index is 3.61. The highest BCUT2D eigenvalue weighted by Gasteiger charge is 2.16. The standard InChI is InChI=1S/C7H13FO3/c1-2-6(5-8)7(10)11-4-3-9/h6,9H,2-5H2,1H3. The fraction of sp³-hybridized carbons (Fsp3) is 0.857. The number of carbonyl (C=O) groups excluding carboxylic acids is 1. The number of aliphatic hydroxyl groups excluding tert-OH is 1. The minimum Gasteiger partial charge on any atom is -0.463 e. The van der Waals surface area contributed by atoms with Crippen molar-refractivity contribution >= 4 is 5.97 Å². The summed E-state index contributed by atoms with van der Waals surface area (Å²) in [6, 6.07) is 0. The van der Waals surface area contributed by atoms with Crippen LogP contribution in [-0.4, -0.2) is 31.0 Å². The van der Waals surface area contributed by atoms with Crippen LogP contribution >= 0.6 is 0 Å². The first kappa shape index (κ1) is 10.4. The molecule has 0 aromatic heterocycles. The van der Waals surface area contributed by atoms with Crippen molar-refractivity contribution < 1.29 is 19.0 Å². The summed E-state index contributed by atoms with van der Waals surface area (Å²) in [5, 5.41) is 8.27. The van der Waals surface area contributed by atoms with Crippen LogP contribution in [0.2, 0.25) is 0 Å². The summed E-state index contributed by atoms with van der Waals surface area (Å²) in [4.78, 5) is 10.8. The van der Waals surface area contributed by atoms with E-state index in [1.54, 1.807) is 6.92 Å². The third-order valence-corrected chi connectivity index (χ3v) is 1.35. The molecule has 1 N–H and O–H groups in total. The van der Waals surface area contributed by atoms with Gasteiger partial charge >= 0.3 is 5.97 Å². The lowest BCUT2D eigenvalue weighted by atomic mass is 10.1. The molecule has 4 heteroatoms. The maximum atomic E-state index is 12.0. The molecule has 0 rings (SSSR count). The van der Waals surface area contributed by atoms with Gasteiger partial charge in [0.05, 0.1) is 12.5 Å². The van der Waals surface area contributed by atoms with Crippen LogP contribution in [0.25, 0.3) is 0 Å². The van der Waals surface area contributed by atoms with E-state index < -0.39 is 18.6 Å². The van der Waals surface area contributed by atoms with Crippen molar-refractivity contribution in [1.29, 1.82) is 0 Å². The normalized spacial score (nSPS) is 12.6. The predicted octanol–water partition coefficient (Wildman–Crippen LogP) is 0.518. The summed E-state index contributed by atoms with van der Waals surface area (Å²) in [6.45, 7) is 0.759. The maximum absolute atomic E-state index is 12.0. The van der Waals surface area contributed by atoms with Crippen LogP contribution in [0.1, 0.15) is 13.3 Å². The quantitative estimate of drug-likeness (QED) is 0.602. The molecule has 0 aliphatic heterocycles. The van der Waals surface area contributed by atoms with Crippen LogP contribution in [0.5, 0.6) is 0 Å². The summed E-state index contributed by atoms with van der Waals surface area (Å²) in [5.41, 5.74) is 0. The van der Waals surface area contributed by atoms with Gasteiger partial charge in [0.2, 0.25) is 0 Å². The molecule has 1 unspecified atom stereocenters. The van der Waals surface area contributed by atoms with Crippen molar-refractivity contribution in [2.45, 2.75) is 13.3 Å². The van der Waals surface area contributed by atoms with Crippen molar-refractivity contribution in [2.24, 2.45) is 5.92 Å². The number of aliphatic hydroxyl groups is 1. The second-order valence-corrected chi connectivity index (χ2v) is 2.15. The Kier molecular flexibility index (Phi) is 5.74. The summed E-state index contributed by atoms with van der Waals surface area (Å²) in [5.74, 6) is -1.23. The van der Waals surface area contributed by atoms with Gasteiger partial charge < -0.3 is 9.84 Å². The number of hydrogen-bond donors (Lipinski definition) is 1. The van der Waals surface area contributed by atoms with Gasteiger partial charge in [0.25, 0.3) is 0 Å². The highest BCUT2D eigenvalue weighted by atomic mass is 19.1. The van der Waals surface area contributed by atoms with Gasteiger partial charge in [0.1, 0.15) is 13.3 Å². The molecule has 3 nitrogen and oxygen atoms in total. The molecule has 11 heavy (non-hydrogen) atoms. The smallest absolute Gasteiger partial charge is 0.311 e. The average molecular weight is 164 g/mol. The first-order chi connectivity index (χ1) is 5.26. The Morgan fingerprint density at radius 1 is 1.73 bits per heavy atom. The van der Waals surface area contributed by atoms with E-state index in [0.29, 0.717) is 6.42 Å². The van der Waals surface area contributed by atoms with E-state index in [-0.39, 0.29) is 13.2 Å². The van der Waals surface area contributed by atoms with Crippen molar-refractivity contribution in [1.82, 2.24) is 0 Å². The molecule has 0 amide bonds. The Morgan fingerprint density at radius 3 is 2.73 bits per heavy atom. The molecule has 0 aliphatic carbocycles. The van der Waals surface area contributed by atoms with Gasteiger partial charge in [0.15, 0.2) is 0 Å². The monoisotopic (exact) mass is 164 g/mol. The van der Waals surface area contributed by atoms with Crippen LogP contribution in [-0.2, 0) is 9.53 Å². The zero-order valence-electron chi connectivity index (χ0n) is 6.55. The topological polar surface area (TPSA) is 46.5 Å². The number of rotatable bonds is 5. The number of hydrogen-bond acceptors (Lipinski definition) is 3. The molecule has 0 aliphatic rings. The van der Waals surface area contributed by atoms with Crippen LogP contribution in [0.4, 0.5) is 4.39 Å². The van der Waals surface area contributed by atoms with Crippen LogP contribution in [0.3, 0.4) is 0 Å². The van der Waals surface area contributed by atoms with Crippen LogP contribution in [0.15, 0.2) is 0 Å². The Bertz CT molecular complexity index is 112. The SMILES string of the molecule is CCC(CF)C(=O)OCCO. The van der Waals surface area contributed by atoms with Gasteiger partial charge in [-0.3, -0.25) is 9.18 Å². The van der Waals surface area contributed by atoms with Gasteiger partial charge in [-0.2, -0.15) is 0 Å². The van der Waals surface area contributed by atoms with Gasteiger partial charge in [-0.25, -0.2) is 0 Å². The molecule has 66 valence electrons. The number of ether oxygens (including phenoxy) is 1. The number of alkyl halides is 1. The number of halogens is 1. The van der Waals surface area contributed by atoms with E-state index in [1.165, 1.54) is 0 Å². The van der Waals surface area contributed by atoms with E-state index in [2.05, 4.69) is 4.74 Å². The van der Waals surface area contributed by atoms with Crippen molar-refractivity contribution in [2.75, 3.05) is 19.9 Å². The van der Waals surface area contributed by atoms with E-state index in [1.807, 2.05) is 0 Å². The summed E-state index contributed by atoms with van der Waals surface area (Å²) >= 11 is 0. The minimum absolute atomic E-state index is 0.0463. The minimum atomic E-state index is -0.694. The first-order valence-corrected chi connectivity index (χ1v) is 3.59. The zero-order valence-corrected chi connectivity index (χ0v) is 6.55. The molecular weight excluding hydrogens is 151 g/mol. The summed E-state index contributed by atoms with van der Waals surface area (Å²) in [7, 11) is 0. The zero-order chi connectivity index (χ0) is 8.69. The molecule has 0 fully saturated rings. The van der Waals surface area contributed by atoms with Gasteiger partial charge in [-0.05, 0) is 6.42 Å². The Labute approximate surface area is 65.2 Å². The fourth-order valence-electron chi connectivity index (χ4n) is 0.603. The summed E-state index contributed by atoms with van der Waals surface area (Å²) in [6.07, 6.45) is 0.431. The fourth-order valence-corrected chi connectivity index (χ4v) is 0.603. The summed E-state index contributed by atoms with van der Waals surface area (Å²) < 4.78 is 16.5. The molecule has 0 heterocycles. The molecule has 0 bridgehead atoms. The van der Waals surface area contributed by atoms with Gasteiger partial charge in [-0.1, -0.05) is 6.92 Å². The van der Waals surface area contributed by atoms with Crippen molar-refractivity contribution in [3.63, 3.8) is 0 Å². The lowest BCUT2D eigenvalue weighted by Crippen LogP contribution is -2.20. The molecular formula is C7H13FO3. The highest BCUT2D eigenvalue weighted by molar-refractivity contribution is 5.72. The molecule has 1 atom stereocenters.